The molecule has 0 fully saturated rings. The van der Waals surface area contributed by atoms with Crippen LogP contribution in [0.3, 0.4) is 0 Å². The third-order valence-electron chi connectivity index (χ3n) is 10.8. The normalized spacial score (nSPS) is 12.5. The van der Waals surface area contributed by atoms with Crippen molar-refractivity contribution in [1.29, 1.82) is 0 Å². The summed E-state index contributed by atoms with van der Waals surface area (Å²) in [5.74, 6) is -0.712. The van der Waals surface area contributed by atoms with Gasteiger partial charge in [-0.1, -0.05) is 192 Å². The standard InChI is InChI=1S/C50H92O4/c1-3-5-7-9-11-13-15-17-19-20-21-22-23-24-26-28-30-32-34-39-43-47-50(53)54-48(45-41-37-35-38-42-46-49(51)52)44-40-36-33-31-29-27-25-18-16-14-12-10-8-6-4-2/h16,18,20-21,27,29,48H,3-15,17,19,22-26,28,30-47H2,1-2H3,(H,51,52)/b18-16-,21-20-,29-27-. The van der Waals surface area contributed by atoms with E-state index in [1.54, 1.807) is 0 Å². The fourth-order valence-electron chi connectivity index (χ4n) is 7.27. The number of carboxylic acids is 1. The van der Waals surface area contributed by atoms with E-state index in [1.807, 2.05) is 0 Å². The van der Waals surface area contributed by atoms with Gasteiger partial charge < -0.3 is 9.84 Å². The van der Waals surface area contributed by atoms with Crippen LogP contribution in [0.2, 0.25) is 0 Å². The van der Waals surface area contributed by atoms with Gasteiger partial charge in [-0.25, -0.2) is 0 Å². The Morgan fingerprint density at radius 2 is 0.722 bits per heavy atom. The second kappa shape index (κ2) is 45.5. The van der Waals surface area contributed by atoms with Gasteiger partial charge >= 0.3 is 11.9 Å². The Morgan fingerprint density at radius 3 is 1.13 bits per heavy atom. The minimum absolute atomic E-state index is 0.00902. The second-order valence-corrected chi connectivity index (χ2v) is 16.3. The number of carbonyl (C=O) groups excluding carboxylic acids is 1. The highest BCUT2D eigenvalue weighted by atomic mass is 16.5. The van der Waals surface area contributed by atoms with E-state index in [4.69, 9.17) is 9.84 Å². The zero-order valence-corrected chi connectivity index (χ0v) is 36.3. The molecule has 4 nitrogen and oxygen atoms in total. The quantitative estimate of drug-likeness (QED) is 0.0382. The average Bonchev–Trinajstić information content (AvgIpc) is 3.16. The van der Waals surface area contributed by atoms with Crippen LogP contribution in [-0.4, -0.2) is 23.1 Å². The van der Waals surface area contributed by atoms with Gasteiger partial charge in [0.05, 0.1) is 0 Å². The van der Waals surface area contributed by atoms with Crippen molar-refractivity contribution in [2.24, 2.45) is 0 Å². The van der Waals surface area contributed by atoms with Crippen molar-refractivity contribution in [3.8, 4) is 0 Å². The van der Waals surface area contributed by atoms with E-state index in [9.17, 15) is 9.59 Å². The van der Waals surface area contributed by atoms with E-state index < -0.39 is 5.97 Å². The van der Waals surface area contributed by atoms with Crippen molar-refractivity contribution in [3.63, 3.8) is 0 Å². The lowest BCUT2D eigenvalue weighted by Gasteiger charge is -2.18. The molecule has 0 rings (SSSR count). The lowest BCUT2D eigenvalue weighted by Crippen LogP contribution is -2.18. The summed E-state index contributed by atoms with van der Waals surface area (Å²) in [4.78, 5) is 23.5. The topological polar surface area (TPSA) is 63.6 Å². The second-order valence-electron chi connectivity index (χ2n) is 16.3. The van der Waals surface area contributed by atoms with Gasteiger partial charge in [-0.3, -0.25) is 9.59 Å². The van der Waals surface area contributed by atoms with Crippen LogP contribution in [0.5, 0.6) is 0 Å². The summed E-state index contributed by atoms with van der Waals surface area (Å²) in [5, 5.41) is 8.86. The maximum atomic E-state index is 12.8. The predicted octanol–water partition coefficient (Wildman–Crippen LogP) is 16.9. The molecule has 0 heterocycles. The molecule has 0 saturated carbocycles. The monoisotopic (exact) mass is 757 g/mol. The molecule has 4 heteroatoms. The summed E-state index contributed by atoms with van der Waals surface area (Å²) in [7, 11) is 0. The first-order valence-corrected chi connectivity index (χ1v) is 24.0. The van der Waals surface area contributed by atoms with Crippen molar-refractivity contribution in [3.05, 3.63) is 36.5 Å². The maximum absolute atomic E-state index is 12.8. The molecule has 0 aromatic carbocycles. The van der Waals surface area contributed by atoms with Gasteiger partial charge in [0.15, 0.2) is 0 Å². The summed E-state index contributed by atoms with van der Waals surface area (Å²) >= 11 is 0. The number of aliphatic carboxylic acids is 1. The van der Waals surface area contributed by atoms with Gasteiger partial charge in [0.2, 0.25) is 0 Å². The van der Waals surface area contributed by atoms with Crippen LogP contribution >= 0.6 is 0 Å². The third-order valence-corrected chi connectivity index (χ3v) is 10.8. The molecule has 0 aliphatic rings. The molecule has 0 aliphatic heterocycles. The van der Waals surface area contributed by atoms with Crippen molar-refractivity contribution < 1.29 is 19.4 Å². The van der Waals surface area contributed by atoms with Gasteiger partial charge in [0, 0.05) is 12.8 Å². The molecular formula is C50H92O4. The van der Waals surface area contributed by atoms with Crippen LogP contribution in [0.15, 0.2) is 36.5 Å². The van der Waals surface area contributed by atoms with E-state index in [-0.39, 0.29) is 18.5 Å². The van der Waals surface area contributed by atoms with Gasteiger partial charge in [-0.2, -0.15) is 0 Å². The number of carboxylic acid groups (broad SMARTS) is 1. The summed E-state index contributed by atoms with van der Waals surface area (Å²) in [6.07, 6.45) is 60.4. The Hall–Kier alpha value is -1.84. The lowest BCUT2D eigenvalue weighted by molar-refractivity contribution is -0.150. The molecule has 0 bridgehead atoms. The first kappa shape index (κ1) is 52.2. The minimum Gasteiger partial charge on any atom is -0.481 e. The summed E-state index contributed by atoms with van der Waals surface area (Å²) < 4.78 is 6.03. The number of carbonyl (C=O) groups is 2. The van der Waals surface area contributed by atoms with Crippen LogP contribution in [0.25, 0.3) is 0 Å². The highest BCUT2D eigenvalue weighted by Crippen LogP contribution is 2.19. The molecule has 0 saturated heterocycles. The molecule has 0 amide bonds. The molecule has 0 radical (unpaired) electrons. The number of esters is 1. The van der Waals surface area contributed by atoms with Crippen LogP contribution in [-0.2, 0) is 14.3 Å². The lowest BCUT2D eigenvalue weighted by atomic mass is 10.0. The molecule has 316 valence electrons. The largest absolute Gasteiger partial charge is 0.481 e. The highest BCUT2D eigenvalue weighted by molar-refractivity contribution is 5.69. The highest BCUT2D eigenvalue weighted by Gasteiger charge is 2.14. The molecule has 0 aromatic rings. The molecule has 0 aliphatic carbocycles. The van der Waals surface area contributed by atoms with Crippen molar-refractivity contribution >= 4 is 11.9 Å². The van der Waals surface area contributed by atoms with Crippen LogP contribution in [0.1, 0.15) is 264 Å². The van der Waals surface area contributed by atoms with Crippen molar-refractivity contribution in [1.82, 2.24) is 0 Å². The summed E-state index contributed by atoms with van der Waals surface area (Å²) in [6.45, 7) is 4.55. The number of allylic oxidation sites excluding steroid dienone is 6. The van der Waals surface area contributed by atoms with E-state index in [2.05, 4.69) is 50.3 Å². The Bertz CT molecular complexity index is 859. The Kier molecular flexibility index (Phi) is 44.0. The Balaban J connectivity index is 3.98. The van der Waals surface area contributed by atoms with E-state index in [0.29, 0.717) is 6.42 Å². The number of hydrogen-bond acceptors (Lipinski definition) is 3. The molecule has 0 spiro atoms. The third kappa shape index (κ3) is 44.6. The van der Waals surface area contributed by atoms with Gasteiger partial charge in [-0.05, 0) is 96.3 Å². The smallest absolute Gasteiger partial charge is 0.306 e. The van der Waals surface area contributed by atoms with Gasteiger partial charge in [0.25, 0.3) is 0 Å². The van der Waals surface area contributed by atoms with Crippen LogP contribution in [0, 0.1) is 0 Å². The van der Waals surface area contributed by atoms with Crippen LogP contribution in [0.4, 0.5) is 0 Å². The number of ether oxygens (including phenoxy) is 1. The fraction of sp³-hybridized carbons (Fsp3) is 0.840. The average molecular weight is 757 g/mol. The fourth-order valence-corrected chi connectivity index (χ4v) is 7.27. The van der Waals surface area contributed by atoms with E-state index >= 15 is 0 Å². The van der Waals surface area contributed by atoms with Gasteiger partial charge in [-0.15, -0.1) is 0 Å². The minimum atomic E-state index is -0.703. The Morgan fingerprint density at radius 1 is 0.407 bits per heavy atom. The summed E-state index contributed by atoms with van der Waals surface area (Å²) in [5.41, 5.74) is 0. The molecular weight excluding hydrogens is 665 g/mol. The summed E-state index contributed by atoms with van der Waals surface area (Å²) in [6, 6.07) is 0. The van der Waals surface area contributed by atoms with Crippen LogP contribution < -0.4 is 0 Å². The maximum Gasteiger partial charge on any atom is 0.306 e. The zero-order valence-electron chi connectivity index (χ0n) is 36.3. The number of hydrogen-bond donors (Lipinski definition) is 1. The van der Waals surface area contributed by atoms with E-state index in [0.717, 1.165) is 77.0 Å². The van der Waals surface area contributed by atoms with E-state index in [1.165, 1.54) is 161 Å². The number of unbranched alkanes of at least 4 members (excludes halogenated alkanes) is 29. The molecule has 54 heavy (non-hydrogen) atoms. The molecule has 1 atom stereocenters. The first-order valence-electron chi connectivity index (χ1n) is 24.0. The predicted molar refractivity (Wildman–Crippen MR) is 236 cm³/mol. The van der Waals surface area contributed by atoms with Gasteiger partial charge in [0.1, 0.15) is 6.10 Å². The molecule has 1 unspecified atom stereocenters. The molecule has 0 aromatic heterocycles. The number of rotatable bonds is 44. The van der Waals surface area contributed by atoms with Crippen molar-refractivity contribution in [2.45, 2.75) is 270 Å². The zero-order chi connectivity index (χ0) is 39.3. The van der Waals surface area contributed by atoms with Crippen molar-refractivity contribution in [2.75, 3.05) is 0 Å². The molecule has 1 N–H and O–H groups in total. The SMILES string of the molecule is CCCCCCC/C=C\C/C=C\CCCCCC(CCCCCCCC(=O)O)OC(=O)CCCCCCCCCCC/C=C\CCCCCCCCCC. The Labute approximate surface area is 337 Å². The first-order chi connectivity index (χ1) is 26.6.